The summed E-state index contributed by atoms with van der Waals surface area (Å²) in [5, 5.41) is 9.47. The van der Waals surface area contributed by atoms with Crippen LogP contribution in [0.25, 0.3) is 0 Å². The highest BCUT2D eigenvalue weighted by Crippen LogP contribution is 2.60. The van der Waals surface area contributed by atoms with E-state index in [2.05, 4.69) is 16.0 Å². The Balaban J connectivity index is 1.84. The van der Waals surface area contributed by atoms with Crippen LogP contribution in [-0.4, -0.2) is 15.8 Å². The highest BCUT2D eigenvalue weighted by Gasteiger charge is 2.63. The summed E-state index contributed by atoms with van der Waals surface area (Å²) in [6.07, 6.45) is 6.49. The van der Waals surface area contributed by atoms with Crippen LogP contribution in [0.5, 0.6) is 0 Å². The number of hydrogen-bond donors (Lipinski definition) is 0. The summed E-state index contributed by atoms with van der Waals surface area (Å²) in [4.78, 5) is 21.0. The van der Waals surface area contributed by atoms with E-state index in [-0.39, 0.29) is 17.6 Å². The van der Waals surface area contributed by atoms with Crippen LogP contribution in [0, 0.1) is 29.6 Å². The summed E-state index contributed by atoms with van der Waals surface area (Å²) in [5.74, 6) is 0.943. The van der Waals surface area contributed by atoms with Gasteiger partial charge in [-0.2, -0.15) is 5.26 Å². The number of ketones is 1. The van der Waals surface area contributed by atoms with Gasteiger partial charge in [-0.25, -0.2) is 9.97 Å². The van der Waals surface area contributed by atoms with Gasteiger partial charge in [0.25, 0.3) is 0 Å². The fraction of sp³-hybridized carbons (Fsp3) is 0.600. The molecule has 98 valence electrons. The van der Waals surface area contributed by atoms with Crippen molar-refractivity contribution in [1.29, 1.82) is 5.26 Å². The number of rotatable bonds is 3. The third-order valence-electron chi connectivity index (χ3n) is 4.48. The molecule has 1 aromatic heterocycles. The zero-order valence-corrected chi connectivity index (χ0v) is 11.1. The molecular formula is C15H17N3O. The second kappa shape index (κ2) is 4.41. The molecule has 19 heavy (non-hydrogen) atoms. The maximum Gasteiger partial charge on any atom is 0.156 e. The molecule has 4 heteroatoms. The van der Waals surface area contributed by atoms with Crippen molar-refractivity contribution in [1.82, 2.24) is 9.97 Å². The van der Waals surface area contributed by atoms with Crippen molar-refractivity contribution in [2.45, 2.75) is 44.9 Å². The lowest BCUT2D eigenvalue weighted by molar-refractivity contribution is -0.126. The molecule has 0 amide bonds. The van der Waals surface area contributed by atoms with Crippen LogP contribution in [0.15, 0.2) is 12.3 Å². The van der Waals surface area contributed by atoms with Crippen molar-refractivity contribution >= 4 is 5.78 Å². The molecule has 2 aliphatic rings. The Morgan fingerprint density at radius 3 is 2.84 bits per heavy atom. The molecular weight excluding hydrogens is 238 g/mol. The normalized spacial score (nSPS) is 30.0. The SMILES string of the molecule is Cc1nccc(C2CC2(C#N)C(=O)C2CCCC2)n1. The van der Waals surface area contributed by atoms with Crippen molar-refractivity contribution in [2.75, 3.05) is 0 Å². The summed E-state index contributed by atoms with van der Waals surface area (Å²) < 4.78 is 0. The number of aryl methyl sites for hydroxylation is 1. The van der Waals surface area contributed by atoms with Gasteiger partial charge in [-0.15, -0.1) is 0 Å². The van der Waals surface area contributed by atoms with Crippen molar-refractivity contribution in [3.8, 4) is 6.07 Å². The molecule has 0 radical (unpaired) electrons. The lowest BCUT2D eigenvalue weighted by Gasteiger charge is -2.13. The van der Waals surface area contributed by atoms with E-state index < -0.39 is 5.41 Å². The van der Waals surface area contributed by atoms with E-state index in [1.54, 1.807) is 6.20 Å². The first-order valence-corrected chi connectivity index (χ1v) is 6.92. The minimum atomic E-state index is -0.796. The van der Waals surface area contributed by atoms with Crippen molar-refractivity contribution in [3.05, 3.63) is 23.8 Å². The quantitative estimate of drug-likeness (QED) is 0.832. The molecule has 4 nitrogen and oxygen atoms in total. The Kier molecular flexibility index (Phi) is 2.85. The Morgan fingerprint density at radius 2 is 2.21 bits per heavy atom. The molecule has 2 aliphatic carbocycles. The standard InChI is InChI=1S/C15H17N3O/c1-10-17-7-6-13(18-10)12-8-15(12,9-16)14(19)11-4-2-3-5-11/h6-7,11-12H,2-5,8H2,1H3. The molecule has 0 N–H and O–H groups in total. The molecule has 0 aliphatic heterocycles. The number of hydrogen-bond acceptors (Lipinski definition) is 4. The molecule has 0 spiro atoms. The van der Waals surface area contributed by atoms with Gasteiger partial charge >= 0.3 is 0 Å². The van der Waals surface area contributed by atoms with E-state index in [4.69, 9.17) is 0 Å². The van der Waals surface area contributed by atoms with E-state index in [1.807, 2.05) is 13.0 Å². The smallest absolute Gasteiger partial charge is 0.156 e. The summed E-state index contributed by atoms with van der Waals surface area (Å²) in [5.41, 5.74) is 0.0518. The third-order valence-corrected chi connectivity index (χ3v) is 4.48. The lowest BCUT2D eigenvalue weighted by atomic mass is 9.87. The molecule has 0 bridgehead atoms. The van der Waals surface area contributed by atoms with Crippen LogP contribution in [0.4, 0.5) is 0 Å². The zero-order valence-electron chi connectivity index (χ0n) is 11.1. The second-order valence-corrected chi connectivity index (χ2v) is 5.71. The monoisotopic (exact) mass is 255 g/mol. The number of carbonyl (C=O) groups is 1. The molecule has 1 aromatic rings. The first-order chi connectivity index (χ1) is 9.17. The van der Waals surface area contributed by atoms with Crippen LogP contribution in [0.3, 0.4) is 0 Å². The van der Waals surface area contributed by atoms with Crippen LogP contribution in [0.2, 0.25) is 0 Å². The number of nitrogens with zero attached hydrogens (tertiary/aromatic N) is 3. The van der Waals surface area contributed by atoms with Crippen LogP contribution < -0.4 is 0 Å². The summed E-state index contributed by atoms with van der Waals surface area (Å²) >= 11 is 0. The lowest BCUT2D eigenvalue weighted by Crippen LogP contribution is -2.23. The summed E-state index contributed by atoms with van der Waals surface area (Å²) in [6, 6.07) is 4.12. The van der Waals surface area contributed by atoms with Gasteiger partial charge in [0.05, 0.1) is 6.07 Å². The van der Waals surface area contributed by atoms with Gasteiger partial charge in [-0.3, -0.25) is 4.79 Å². The molecule has 0 aromatic carbocycles. The van der Waals surface area contributed by atoms with Crippen molar-refractivity contribution in [2.24, 2.45) is 11.3 Å². The molecule has 0 saturated heterocycles. The Labute approximate surface area is 112 Å². The molecule has 1 heterocycles. The van der Waals surface area contributed by atoms with Gasteiger partial charge in [0.1, 0.15) is 11.2 Å². The minimum Gasteiger partial charge on any atom is -0.298 e. The van der Waals surface area contributed by atoms with E-state index in [0.29, 0.717) is 12.2 Å². The number of Topliss-reactive ketones (excluding diaryl/α,β-unsaturated/α-hetero) is 1. The maximum atomic E-state index is 12.6. The Bertz CT molecular complexity index is 557. The minimum absolute atomic E-state index is 0.0210. The highest BCUT2D eigenvalue weighted by molar-refractivity contribution is 5.94. The largest absolute Gasteiger partial charge is 0.298 e. The molecule has 2 unspecified atom stereocenters. The van der Waals surface area contributed by atoms with Crippen LogP contribution >= 0.6 is 0 Å². The highest BCUT2D eigenvalue weighted by atomic mass is 16.1. The predicted molar refractivity (Wildman–Crippen MR) is 69.1 cm³/mol. The third kappa shape index (κ3) is 1.94. The first kappa shape index (κ1) is 12.3. The fourth-order valence-corrected chi connectivity index (χ4v) is 3.29. The second-order valence-electron chi connectivity index (χ2n) is 5.71. The van der Waals surface area contributed by atoms with Gasteiger partial charge < -0.3 is 0 Å². The number of aromatic nitrogens is 2. The van der Waals surface area contributed by atoms with Gasteiger partial charge in [0.2, 0.25) is 0 Å². The Hall–Kier alpha value is -1.76. The predicted octanol–water partition coefficient (Wildman–Crippen LogP) is 2.54. The van der Waals surface area contributed by atoms with E-state index >= 15 is 0 Å². The van der Waals surface area contributed by atoms with Crippen LogP contribution in [0.1, 0.15) is 49.5 Å². The molecule has 2 atom stereocenters. The van der Waals surface area contributed by atoms with Gasteiger partial charge in [0, 0.05) is 23.7 Å². The summed E-state index contributed by atoms with van der Waals surface area (Å²) in [7, 11) is 0. The summed E-state index contributed by atoms with van der Waals surface area (Å²) in [6.45, 7) is 1.83. The Morgan fingerprint density at radius 1 is 1.47 bits per heavy atom. The van der Waals surface area contributed by atoms with Crippen LogP contribution in [-0.2, 0) is 4.79 Å². The average Bonchev–Trinajstić information content (AvgIpc) is 2.92. The molecule has 2 fully saturated rings. The topological polar surface area (TPSA) is 66.6 Å². The molecule has 2 saturated carbocycles. The van der Waals surface area contributed by atoms with Crippen molar-refractivity contribution < 1.29 is 4.79 Å². The zero-order chi connectivity index (χ0) is 13.5. The molecule has 3 rings (SSSR count). The van der Waals surface area contributed by atoms with E-state index in [1.165, 1.54) is 0 Å². The van der Waals surface area contributed by atoms with Gasteiger partial charge in [-0.05, 0) is 32.3 Å². The fourth-order valence-electron chi connectivity index (χ4n) is 3.29. The van der Waals surface area contributed by atoms with E-state index in [9.17, 15) is 10.1 Å². The van der Waals surface area contributed by atoms with Gasteiger partial charge in [-0.1, -0.05) is 12.8 Å². The number of carbonyl (C=O) groups excluding carboxylic acids is 1. The number of nitriles is 1. The van der Waals surface area contributed by atoms with Gasteiger partial charge in [0.15, 0.2) is 5.78 Å². The maximum absolute atomic E-state index is 12.6. The average molecular weight is 255 g/mol. The van der Waals surface area contributed by atoms with E-state index in [0.717, 1.165) is 31.4 Å². The van der Waals surface area contributed by atoms with Crippen molar-refractivity contribution in [3.63, 3.8) is 0 Å². The first-order valence-electron chi connectivity index (χ1n) is 6.92.